The van der Waals surface area contributed by atoms with Crippen LogP contribution in [-0.4, -0.2) is 34.8 Å². The van der Waals surface area contributed by atoms with Gasteiger partial charge in [0.25, 0.3) is 0 Å². The Balaban J connectivity index is 1.90. The lowest BCUT2D eigenvalue weighted by Crippen LogP contribution is -2.17. The molecule has 2 rings (SSSR count). The first-order valence-corrected chi connectivity index (χ1v) is 5.27. The predicted molar refractivity (Wildman–Crippen MR) is 45.9 cm³/mol. The second-order valence-corrected chi connectivity index (χ2v) is 4.43. The third-order valence-corrected chi connectivity index (χ3v) is 4.00. The molecule has 0 aromatic carbocycles. The minimum atomic E-state index is -0.283. The summed E-state index contributed by atoms with van der Waals surface area (Å²) in [6.45, 7) is 2.25. The van der Waals surface area contributed by atoms with Gasteiger partial charge >= 0.3 is 5.97 Å². The molecule has 0 unspecified atom stereocenters. The smallest absolute Gasteiger partial charge is 0.310 e. The van der Waals surface area contributed by atoms with Gasteiger partial charge in [0.05, 0.1) is 18.6 Å². The van der Waals surface area contributed by atoms with Crippen molar-refractivity contribution in [1.82, 2.24) is 0 Å². The number of esters is 1. The van der Waals surface area contributed by atoms with E-state index in [9.17, 15) is 9.90 Å². The Kier molecular flexibility index (Phi) is 2.04. The van der Waals surface area contributed by atoms with Gasteiger partial charge in [-0.05, 0) is 6.92 Å². The van der Waals surface area contributed by atoms with Crippen molar-refractivity contribution in [2.24, 2.45) is 11.8 Å². The van der Waals surface area contributed by atoms with Crippen LogP contribution >= 0.6 is 11.8 Å². The maximum atomic E-state index is 11.2. The lowest BCUT2D eigenvalue weighted by atomic mass is 10.2. The van der Waals surface area contributed by atoms with Crippen LogP contribution in [0.25, 0.3) is 0 Å². The Labute approximate surface area is 75.5 Å². The number of thioether (sulfide) groups is 1. The van der Waals surface area contributed by atoms with E-state index in [4.69, 9.17) is 4.74 Å². The van der Waals surface area contributed by atoms with E-state index in [1.165, 1.54) is 0 Å². The highest BCUT2D eigenvalue weighted by Gasteiger charge is 2.63. The van der Waals surface area contributed by atoms with Crippen LogP contribution in [0, 0.1) is 11.8 Å². The third-order valence-electron chi connectivity index (χ3n) is 2.47. The third kappa shape index (κ3) is 1.13. The number of hydrogen-bond donors (Lipinski definition) is 1. The molecule has 2 aliphatic rings. The fraction of sp³-hybridized carbons (Fsp3) is 0.875. The molecular formula is C8H12O3S. The van der Waals surface area contributed by atoms with Crippen LogP contribution in [0.15, 0.2) is 0 Å². The zero-order chi connectivity index (χ0) is 8.72. The van der Waals surface area contributed by atoms with E-state index in [0.717, 1.165) is 5.75 Å². The number of ether oxygens (including phenoxy) is 1. The van der Waals surface area contributed by atoms with Crippen molar-refractivity contribution in [3.63, 3.8) is 0 Å². The molecule has 0 spiro atoms. The number of aliphatic hydroxyl groups is 1. The van der Waals surface area contributed by atoms with E-state index in [1.54, 1.807) is 18.7 Å². The van der Waals surface area contributed by atoms with E-state index in [1.807, 2.05) is 0 Å². The normalized spacial score (nSPS) is 43.8. The van der Waals surface area contributed by atoms with Gasteiger partial charge in [-0.15, -0.1) is 0 Å². The van der Waals surface area contributed by atoms with E-state index in [0.29, 0.717) is 11.9 Å². The summed E-state index contributed by atoms with van der Waals surface area (Å²) in [6.07, 6.45) is -0.283. The number of carbonyl (C=O) groups excluding carboxylic acids is 1. The van der Waals surface area contributed by atoms with Gasteiger partial charge < -0.3 is 9.84 Å². The first-order valence-electron chi connectivity index (χ1n) is 4.22. The Bertz CT molecular complexity index is 206. The van der Waals surface area contributed by atoms with Gasteiger partial charge in [-0.1, -0.05) is 0 Å². The minimum Gasteiger partial charge on any atom is -0.466 e. The van der Waals surface area contributed by atoms with Gasteiger partial charge in [-0.25, -0.2) is 0 Å². The van der Waals surface area contributed by atoms with Crippen LogP contribution in [0.1, 0.15) is 6.92 Å². The number of rotatable bonds is 2. The topological polar surface area (TPSA) is 46.5 Å². The molecule has 0 amide bonds. The lowest BCUT2D eigenvalue weighted by Gasteiger charge is -2.06. The van der Waals surface area contributed by atoms with E-state index in [2.05, 4.69) is 0 Å². The van der Waals surface area contributed by atoms with E-state index < -0.39 is 0 Å². The second-order valence-electron chi connectivity index (χ2n) is 3.22. The highest BCUT2D eigenvalue weighted by molar-refractivity contribution is 8.00. The fourth-order valence-corrected chi connectivity index (χ4v) is 3.45. The molecule has 1 heterocycles. The Morgan fingerprint density at radius 1 is 1.75 bits per heavy atom. The van der Waals surface area contributed by atoms with E-state index in [-0.39, 0.29) is 23.9 Å². The van der Waals surface area contributed by atoms with Crippen molar-refractivity contribution >= 4 is 17.7 Å². The highest BCUT2D eigenvalue weighted by Crippen LogP contribution is 2.56. The monoisotopic (exact) mass is 188 g/mol. The summed E-state index contributed by atoms with van der Waals surface area (Å²) in [5.41, 5.74) is 0. The zero-order valence-electron chi connectivity index (χ0n) is 6.90. The predicted octanol–water partition coefficient (Wildman–Crippen LogP) is 0.272. The summed E-state index contributed by atoms with van der Waals surface area (Å²) in [7, 11) is 0. The molecule has 0 aromatic heterocycles. The summed E-state index contributed by atoms with van der Waals surface area (Å²) >= 11 is 1.69. The van der Waals surface area contributed by atoms with Gasteiger partial charge in [0.1, 0.15) is 0 Å². The first-order chi connectivity index (χ1) is 5.75. The standard InChI is InChI=1S/C8H12O3S/c1-2-11-8(10)6-5-4(9)3-12-7(5)6/h4-7,9H,2-3H2,1H3/t4-,5-,6-,7-/m1/s1. The quantitative estimate of drug-likeness (QED) is 0.632. The largest absolute Gasteiger partial charge is 0.466 e. The van der Waals surface area contributed by atoms with Gasteiger partial charge in [-0.3, -0.25) is 4.79 Å². The Morgan fingerprint density at radius 2 is 2.50 bits per heavy atom. The van der Waals surface area contributed by atoms with Crippen molar-refractivity contribution in [2.45, 2.75) is 18.3 Å². The molecule has 1 aliphatic carbocycles. The van der Waals surface area contributed by atoms with Crippen LogP contribution in [0.5, 0.6) is 0 Å². The Hall–Kier alpha value is -0.220. The molecule has 1 aliphatic heterocycles. The molecule has 3 nitrogen and oxygen atoms in total. The summed E-state index contributed by atoms with van der Waals surface area (Å²) < 4.78 is 4.89. The average molecular weight is 188 g/mol. The molecule has 0 aromatic rings. The molecule has 1 saturated carbocycles. The van der Waals surface area contributed by atoms with Gasteiger partial charge in [-0.2, -0.15) is 11.8 Å². The highest BCUT2D eigenvalue weighted by atomic mass is 32.2. The molecule has 2 fully saturated rings. The van der Waals surface area contributed by atoms with Gasteiger partial charge in [0.2, 0.25) is 0 Å². The lowest BCUT2D eigenvalue weighted by molar-refractivity contribution is -0.145. The number of hydrogen-bond acceptors (Lipinski definition) is 4. The average Bonchev–Trinajstić information content (AvgIpc) is 2.65. The Morgan fingerprint density at radius 3 is 3.00 bits per heavy atom. The number of carbonyl (C=O) groups is 1. The van der Waals surface area contributed by atoms with E-state index >= 15 is 0 Å². The molecular weight excluding hydrogens is 176 g/mol. The fourth-order valence-electron chi connectivity index (χ4n) is 1.83. The van der Waals surface area contributed by atoms with Crippen LogP contribution in [0.2, 0.25) is 0 Å². The maximum Gasteiger partial charge on any atom is 0.310 e. The van der Waals surface area contributed by atoms with Crippen molar-refractivity contribution in [3.05, 3.63) is 0 Å². The van der Waals surface area contributed by atoms with Crippen LogP contribution < -0.4 is 0 Å². The molecule has 1 saturated heterocycles. The molecule has 0 radical (unpaired) electrons. The molecule has 1 N–H and O–H groups in total. The molecule has 68 valence electrons. The van der Waals surface area contributed by atoms with Gasteiger partial charge in [0.15, 0.2) is 0 Å². The SMILES string of the molecule is CCOC(=O)[C@H]1[C@@H]2SC[C@@H](O)[C@@H]21. The molecule has 0 bridgehead atoms. The van der Waals surface area contributed by atoms with Crippen molar-refractivity contribution in [1.29, 1.82) is 0 Å². The molecule has 4 atom stereocenters. The van der Waals surface area contributed by atoms with Crippen LogP contribution in [0.3, 0.4) is 0 Å². The molecule has 4 heteroatoms. The zero-order valence-corrected chi connectivity index (χ0v) is 7.71. The summed E-state index contributed by atoms with van der Waals surface area (Å²) in [5, 5.41) is 9.74. The first kappa shape index (κ1) is 8.38. The number of aliphatic hydroxyl groups excluding tert-OH is 1. The summed E-state index contributed by atoms with van der Waals surface area (Å²) in [6, 6.07) is 0. The summed E-state index contributed by atoms with van der Waals surface area (Å²) in [4.78, 5) is 11.2. The van der Waals surface area contributed by atoms with Crippen molar-refractivity contribution in [3.8, 4) is 0 Å². The van der Waals surface area contributed by atoms with Crippen LogP contribution in [-0.2, 0) is 9.53 Å². The molecule has 12 heavy (non-hydrogen) atoms. The van der Waals surface area contributed by atoms with Crippen LogP contribution in [0.4, 0.5) is 0 Å². The number of fused-ring (bicyclic) bond motifs is 1. The minimum absolute atomic E-state index is 0.0151. The second kappa shape index (κ2) is 2.92. The van der Waals surface area contributed by atoms with Crippen molar-refractivity contribution < 1.29 is 14.6 Å². The maximum absolute atomic E-state index is 11.2. The van der Waals surface area contributed by atoms with Crippen molar-refractivity contribution in [2.75, 3.05) is 12.4 Å². The summed E-state index contributed by atoms with van der Waals surface area (Å²) in [5.74, 6) is 0.831. The van der Waals surface area contributed by atoms with Gasteiger partial charge in [0, 0.05) is 16.9 Å².